The molecule has 0 atom stereocenters. The lowest BCUT2D eigenvalue weighted by atomic mass is 10.1. The van der Waals surface area contributed by atoms with Crippen molar-refractivity contribution in [2.24, 2.45) is 0 Å². The maximum Gasteiger partial charge on any atom is 0.273 e. The van der Waals surface area contributed by atoms with E-state index in [4.69, 9.17) is 16.3 Å². The lowest BCUT2D eigenvalue weighted by molar-refractivity contribution is -0.385. The number of nitrogens with one attached hydrogen (secondary N) is 1. The number of halogens is 3. The van der Waals surface area contributed by atoms with E-state index >= 15 is 0 Å². The topological polar surface area (TPSA) is 90.2 Å². The number of hydrogen-bond donors (Lipinski definition) is 1. The van der Waals surface area contributed by atoms with E-state index in [2.05, 4.69) is 15.3 Å². The Kier molecular flexibility index (Phi) is 6.73. The summed E-state index contributed by atoms with van der Waals surface area (Å²) in [5, 5.41) is 13.7. The second-order valence-corrected chi connectivity index (χ2v) is 6.76. The number of ether oxygens (including phenoxy) is 1. The minimum Gasteiger partial charge on any atom is -0.493 e. The van der Waals surface area contributed by atoms with Crippen molar-refractivity contribution >= 4 is 23.0 Å². The third-order valence-electron chi connectivity index (χ3n) is 4.11. The number of non-ortho nitro benzene ring substituents is 1. The molecule has 3 rings (SSSR count). The van der Waals surface area contributed by atoms with Gasteiger partial charge in [0.1, 0.15) is 17.3 Å². The third-order valence-corrected chi connectivity index (χ3v) is 4.29. The molecule has 7 nitrogen and oxygen atoms in total. The highest BCUT2D eigenvalue weighted by Gasteiger charge is 2.12. The van der Waals surface area contributed by atoms with Crippen molar-refractivity contribution in [2.75, 3.05) is 18.5 Å². The summed E-state index contributed by atoms with van der Waals surface area (Å²) in [6, 6.07) is 8.54. The van der Waals surface area contributed by atoms with Gasteiger partial charge in [-0.3, -0.25) is 10.1 Å². The van der Waals surface area contributed by atoms with E-state index in [1.165, 1.54) is 30.3 Å². The Labute approximate surface area is 175 Å². The number of rotatable bonds is 8. The van der Waals surface area contributed by atoms with Crippen molar-refractivity contribution < 1.29 is 18.4 Å². The van der Waals surface area contributed by atoms with Crippen LogP contribution in [0.2, 0.25) is 5.28 Å². The third kappa shape index (κ3) is 5.38. The Morgan fingerprint density at radius 2 is 2.00 bits per heavy atom. The summed E-state index contributed by atoms with van der Waals surface area (Å²) in [4.78, 5) is 17.8. The Morgan fingerprint density at radius 3 is 2.77 bits per heavy atom. The SMILES string of the molecule is Cc1cc(OCCCNc2cc(-c3nc(Cl)ncc3F)ccc2F)cc([N+](=O)[O-])c1. The molecule has 1 heterocycles. The molecule has 0 saturated heterocycles. The largest absolute Gasteiger partial charge is 0.493 e. The predicted molar refractivity (Wildman–Crippen MR) is 109 cm³/mol. The van der Waals surface area contributed by atoms with Gasteiger partial charge < -0.3 is 10.1 Å². The molecule has 0 aliphatic carbocycles. The van der Waals surface area contributed by atoms with Crippen molar-refractivity contribution in [3.63, 3.8) is 0 Å². The van der Waals surface area contributed by atoms with E-state index in [0.717, 1.165) is 6.20 Å². The fraction of sp³-hybridized carbons (Fsp3) is 0.200. The van der Waals surface area contributed by atoms with Gasteiger partial charge >= 0.3 is 0 Å². The zero-order valence-electron chi connectivity index (χ0n) is 15.9. The first-order valence-electron chi connectivity index (χ1n) is 8.94. The Hall–Kier alpha value is -3.33. The van der Waals surface area contributed by atoms with Gasteiger partial charge in [-0.2, -0.15) is 0 Å². The van der Waals surface area contributed by atoms with Gasteiger partial charge in [-0.15, -0.1) is 0 Å². The Morgan fingerprint density at radius 1 is 1.20 bits per heavy atom. The molecule has 2 aromatic carbocycles. The number of anilines is 1. The number of hydrogen-bond acceptors (Lipinski definition) is 6. The quantitative estimate of drug-likeness (QED) is 0.227. The highest BCUT2D eigenvalue weighted by Crippen LogP contribution is 2.26. The number of nitro groups is 1. The minimum atomic E-state index is -0.669. The molecule has 10 heteroatoms. The second kappa shape index (κ2) is 9.45. The Bertz CT molecular complexity index is 1080. The fourth-order valence-electron chi connectivity index (χ4n) is 2.76. The first-order chi connectivity index (χ1) is 14.3. The fourth-order valence-corrected chi connectivity index (χ4v) is 2.89. The smallest absolute Gasteiger partial charge is 0.273 e. The molecule has 30 heavy (non-hydrogen) atoms. The maximum absolute atomic E-state index is 14.1. The molecule has 1 aromatic heterocycles. The zero-order chi connectivity index (χ0) is 21.7. The van der Waals surface area contributed by atoms with Crippen LogP contribution < -0.4 is 10.1 Å². The zero-order valence-corrected chi connectivity index (χ0v) is 16.6. The molecule has 0 aliphatic heterocycles. The summed E-state index contributed by atoms with van der Waals surface area (Å²) in [6.07, 6.45) is 1.45. The van der Waals surface area contributed by atoms with Crippen LogP contribution in [-0.4, -0.2) is 28.0 Å². The standard InChI is InChI=1S/C20H17ClF2N4O3/c1-12-7-14(27(28)29)10-15(8-12)30-6-2-5-24-18-9-13(3-4-16(18)22)19-17(23)11-25-20(21)26-19/h3-4,7-11,24H,2,5-6H2,1H3. The molecule has 0 spiro atoms. The summed E-state index contributed by atoms with van der Waals surface area (Å²) >= 11 is 5.71. The van der Waals surface area contributed by atoms with Crippen molar-refractivity contribution in [3.8, 4) is 17.0 Å². The lowest BCUT2D eigenvalue weighted by Gasteiger charge is -2.11. The first-order valence-corrected chi connectivity index (χ1v) is 9.32. The van der Waals surface area contributed by atoms with Gasteiger partial charge in [-0.25, -0.2) is 18.7 Å². The van der Waals surface area contributed by atoms with Crippen LogP contribution in [0.25, 0.3) is 11.3 Å². The molecule has 0 fully saturated rings. The van der Waals surface area contributed by atoms with Gasteiger partial charge in [0.05, 0.1) is 29.5 Å². The predicted octanol–water partition coefficient (Wildman–Crippen LogP) is 5.17. The van der Waals surface area contributed by atoms with E-state index in [9.17, 15) is 18.9 Å². The lowest BCUT2D eigenvalue weighted by Crippen LogP contribution is -2.09. The molecular formula is C20H17ClF2N4O3. The van der Waals surface area contributed by atoms with E-state index in [-0.39, 0.29) is 29.0 Å². The number of aromatic nitrogens is 2. The summed E-state index contributed by atoms with van der Waals surface area (Å²) in [6.45, 7) is 2.37. The minimum absolute atomic E-state index is 0.0255. The van der Waals surface area contributed by atoms with Crippen molar-refractivity contribution in [1.29, 1.82) is 0 Å². The summed E-state index contributed by atoms with van der Waals surface area (Å²) < 4.78 is 33.6. The van der Waals surface area contributed by atoms with Crippen LogP contribution in [0.5, 0.6) is 5.75 Å². The van der Waals surface area contributed by atoms with Gasteiger partial charge in [0.15, 0.2) is 5.82 Å². The van der Waals surface area contributed by atoms with Crippen LogP contribution in [0.1, 0.15) is 12.0 Å². The second-order valence-electron chi connectivity index (χ2n) is 6.42. The average molecular weight is 435 g/mol. The number of benzene rings is 2. The molecule has 156 valence electrons. The normalized spacial score (nSPS) is 10.7. The molecule has 0 amide bonds. The molecule has 3 aromatic rings. The number of nitro benzene ring substituents is 1. The average Bonchev–Trinajstić information content (AvgIpc) is 2.70. The molecule has 0 unspecified atom stereocenters. The number of aryl methyl sites for hydroxylation is 1. The first kappa shape index (κ1) is 21.4. The van der Waals surface area contributed by atoms with Crippen LogP contribution >= 0.6 is 11.6 Å². The molecular weight excluding hydrogens is 418 g/mol. The van der Waals surface area contributed by atoms with E-state index < -0.39 is 16.6 Å². The van der Waals surface area contributed by atoms with E-state index in [1.54, 1.807) is 13.0 Å². The van der Waals surface area contributed by atoms with E-state index in [0.29, 0.717) is 29.8 Å². The van der Waals surface area contributed by atoms with Crippen LogP contribution in [-0.2, 0) is 0 Å². The van der Waals surface area contributed by atoms with Crippen molar-refractivity contribution in [1.82, 2.24) is 9.97 Å². The number of nitrogens with zero attached hydrogens (tertiary/aromatic N) is 3. The van der Waals surface area contributed by atoms with Crippen molar-refractivity contribution in [2.45, 2.75) is 13.3 Å². The van der Waals surface area contributed by atoms with Gasteiger partial charge in [-0.1, -0.05) is 0 Å². The molecule has 1 N–H and O–H groups in total. The van der Waals surface area contributed by atoms with Gasteiger partial charge in [-0.05, 0) is 54.8 Å². The Balaban J connectivity index is 1.59. The molecule has 0 saturated carbocycles. The summed E-state index contributed by atoms with van der Waals surface area (Å²) in [5.74, 6) is -0.780. The molecule has 0 aliphatic rings. The molecule has 0 radical (unpaired) electrons. The maximum atomic E-state index is 14.1. The van der Waals surface area contributed by atoms with Crippen LogP contribution in [0, 0.1) is 28.7 Å². The van der Waals surface area contributed by atoms with Crippen molar-refractivity contribution in [3.05, 3.63) is 75.2 Å². The van der Waals surface area contributed by atoms with Crippen LogP contribution in [0.15, 0.2) is 42.6 Å². The summed E-state index contributed by atoms with van der Waals surface area (Å²) in [5.41, 5.74) is 1.17. The van der Waals surface area contributed by atoms with Gasteiger partial charge in [0.25, 0.3) is 5.69 Å². The van der Waals surface area contributed by atoms with Crippen LogP contribution in [0.4, 0.5) is 20.2 Å². The van der Waals surface area contributed by atoms with Gasteiger partial charge in [0, 0.05) is 18.2 Å². The molecule has 0 bridgehead atoms. The highest BCUT2D eigenvalue weighted by molar-refractivity contribution is 6.28. The highest BCUT2D eigenvalue weighted by atomic mass is 35.5. The van der Waals surface area contributed by atoms with Gasteiger partial charge in [0.2, 0.25) is 5.28 Å². The van der Waals surface area contributed by atoms with E-state index in [1.807, 2.05) is 0 Å². The summed E-state index contributed by atoms with van der Waals surface area (Å²) in [7, 11) is 0. The monoisotopic (exact) mass is 434 g/mol. The van der Waals surface area contributed by atoms with Crippen LogP contribution in [0.3, 0.4) is 0 Å².